The van der Waals surface area contributed by atoms with Gasteiger partial charge in [-0.3, -0.25) is 0 Å². The Morgan fingerprint density at radius 3 is 1.77 bits per heavy atom. The van der Waals surface area contributed by atoms with Gasteiger partial charge in [-0.15, -0.1) is 11.3 Å². The molecule has 0 amide bonds. The third-order valence-corrected chi connectivity index (χ3v) is 11.7. The van der Waals surface area contributed by atoms with Gasteiger partial charge in [-0.1, -0.05) is 145 Å². The van der Waals surface area contributed by atoms with Crippen LogP contribution in [-0.4, -0.2) is 15.0 Å². The first-order valence-corrected chi connectivity index (χ1v) is 19.1. The number of hydrogen-bond donors (Lipinski definition) is 0. The number of nitrogens with zero attached hydrogens (tertiary/aromatic N) is 3. The average Bonchev–Trinajstić information content (AvgIpc) is 3.90. The van der Waals surface area contributed by atoms with E-state index >= 15 is 0 Å². The molecule has 0 aliphatic rings. The first kappa shape index (κ1) is 25.7. The summed E-state index contributed by atoms with van der Waals surface area (Å²) in [5, 5.41) is 8.90. The topological polar surface area (TPSA) is 51.8 Å². The maximum atomic E-state index is 9.73. The number of benzene rings is 9. The van der Waals surface area contributed by atoms with Crippen molar-refractivity contribution in [1.29, 1.82) is 0 Å². The molecule has 56 heavy (non-hydrogen) atoms. The molecule has 0 fully saturated rings. The fraction of sp³-hybridized carbons (Fsp3) is 0. The highest BCUT2D eigenvalue weighted by atomic mass is 32.1. The van der Waals surface area contributed by atoms with E-state index < -0.39 is 0 Å². The summed E-state index contributed by atoms with van der Waals surface area (Å²) in [7, 11) is 0. The number of hydrogen-bond acceptors (Lipinski definition) is 5. The van der Waals surface area contributed by atoms with Crippen molar-refractivity contribution in [2.45, 2.75) is 0 Å². The van der Waals surface area contributed by atoms with Crippen LogP contribution in [0, 0.1) is 0 Å². The van der Waals surface area contributed by atoms with E-state index in [4.69, 9.17) is 22.1 Å². The maximum absolute atomic E-state index is 9.73. The lowest BCUT2D eigenvalue weighted by Gasteiger charge is -2.12. The molecule has 3 aromatic heterocycles. The van der Waals surface area contributed by atoms with Gasteiger partial charge in [0.05, 0.1) is 8.22 Å². The van der Waals surface area contributed by atoms with Crippen LogP contribution in [0.2, 0.25) is 0 Å². The van der Waals surface area contributed by atoms with Crippen molar-refractivity contribution in [3.63, 3.8) is 0 Å². The number of aromatic nitrogens is 3. The molecule has 12 aromatic rings. The van der Waals surface area contributed by atoms with Crippen LogP contribution in [0.5, 0.6) is 0 Å². The van der Waals surface area contributed by atoms with Crippen LogP contribution in [0.4, 0.5) is 0 Å². The van der Waals surface area contributed by atoms with Crippen LogP contribution < -0.4 is 0 Å². The van der Waals surface area contributed by atoms with Gasteiger partial charge in [0, 0.05) is 47.6 Å². The summed E-state index contributed by atoms with van der Waals surface area (Å²) < 4.78 is 63.2. The summed E-state index contributed by atoms with van der Waals surface area (Å²) in [4.78, 5) is 14.6. The summed E-state index contributed by atoms with van der Waals surface area (Å²) in [5.41, 5.74) is 3.96. The van der Waals surface area contributed by atoms with Crippen LogP contribution in [0.25, 0.3) is 120 Å². The Bertz CT molecular complexity index is 3870. The predicted molar refractivity (Wildman–Crippen MR) is 234 cm³/mol. The molecule has 0 N–H and O–H groups in total. The van der Waals surface area contributed by atoms with E-state index in [0.717, 1.165) is 48.7 Å². The Balaban J connectivity index is 1.10. The molecule has 0 radical (unpaired) electrons. The van der Waals surface area contributed by atoms with Gasteiger partial charge in [0.1, 0.15) is 11.2 Å². The highest BCUT2D eigenvalue weighted by Gasteiger charge is 2.17. The zero-order chi connectivity index (χ0) is 42.0. The van der Waals surface area contributed by atoms with E-state index in [9.17, 15) is 5.48 Å². The second-order valence-electron chi connectivity index (χ2n) is 13.8. The summed E-state index contributed by atoms with van der Waals surface area (Å²) in [6.45, 7) is 0. The monoisotopic (exact) mass is 737 g/mol. The summed E-state index contributed by atoms with van der Waals surface area (Å²) in [5.74, 6) is 0.703. The van der Waals surface area contributed by atoms with Gasteiger partial charge >= 0.3 is 0 Å². The van der Waals surface area contributed by atoms with E-state index in [1.165, 1.54) is 11.3 Å². The van der Waals surface area contributed by atoms with Crippen LogP contribution >= 0.6 is 11.3 Å². The number of rotatable bonds is 4. The maximum Gasteiger partial charge on any atom is 0.164 e. The first-order chi connectivity index (χ1) is 30.2. The van der Waals surface area contributed by atoms with Crippen LogP contribution in [-0.2, 0) is 0 Å². The van der Waals surface area contributed by atoms with Crippen LogP contribution in [0.3, 0.4) is 0 Å². The van der Waals surface area contributed by atoms with Crippen molar-refractivity contribution in [3.8, 4) is 45.3 Å². The fourth-order valence-corrected chi connectivity index (χ4v) is 9.13. The zero-order valence-corrected chi connectivity index (χ0v) is 30.3. The lowest BCUT2D eigenvalue weighted by molar-refractivity contribution is 0.669. The Morgan fingerprint density at radius 1 is 0.411 bits per heavy atom. The molecule has 0 unspecified atom stereocenters. The smallest absolute Gasteiger partial charge is 0.164 e. The van der Waals surface area contributed by atoms with Crippen molar-refractivity contribution in [2.24, 2.45) is 0 Å². The van der Waals surface area contributed by atoms with Crippen molar-refractivity contribution >= 4 is 85.8 Å². The van der Waals surface area contributed by atoms with Crippen molar-refractivity contribution in [1.82, 2.24) is 15.0 Å². The van der Waals surface area contributed by atoms with Gasteiger partial charge in [-0.05, 0) is 73.8 Å². The van der Waals surface area contributed by atoms with E-state index in [0.29, 0.717) is 48.9 Å². The van der Waals surface area contributed by atoms with Gasteiger partial charge in [0.25, 0.3) is 0 Å². The highest BCUT2D eigenvalue weighted by molar-refractivity contribution is 7.26. The van der Waals surface area contributed by atoms with E-state index in [-0.39, 0.29) is 58.4 Å². The minimum Gasteiger partial charge on any atom is -0.456 e. The SMILES string of the molecule is [2H]c1c([2H])c([2H])c2c(sc3c([2H])c(-c4nc(-c5ccccc5)nc(-c5ccc6c(c5)oc5ccccc56)n4)c([2H])c([2H])c32)c1-c1ccc2c3ccccc3c3ccccc3c2c1. The summed E-state index contributed by atoms with van der Waals surface area (Å²) in [6, 6.07) is 44.4. The number of para-hydroxylation sites is 1. The minimum atomic E-state index is -0.284. The Labute approximate surface area is 333 Å². The van der Waals surface area contributed by atoms with Crippen LogP contribution in [0.15, 0.2) is 180 Å². The number of thiophene rings is 1. The van der Waals surface area contributed by atoms with E-state index in [1.807, 2.05) is 103 Å². The molecule has 4 nitrogen and oxygen atoms in total. The largest absolute Gasteiger partial charge is 0.456 e. The fourth-order valence-electron chi connectivity index (χ4n) is 7.99. The van der Waals surface area contributed by atoms with E-state index in [2.05, 4.69) is 36.4 Å². The van der Waals surface area contributed by atoms with Crippen molar-refractivity contribution < 1.29 is 12.6 Å². The number of fused-ring (bicyclic) bond motifs is 12. The Morgan fingerprint density at radius 2 is 1.00 bits per heavy atom. The Hall–Kier alpha value is -7.21. The molecule has 9 aromatic carbocycles. The minimum absolute atomic E-state index is 0.0500. The first-order valence-electron chi connectivity index (χ1n) is 21.3. The van der Waals surface area contributed by atoms with Crippen molar-refractivity contribution in [3.05, 3.63) is 176 Å². The molecule has 3 heterocycles. The molecule has 12 rings (SSSR count). The lowest BCUT2D eigenvalue weighted by Crippen LogP contribution is -2.00. The quantitative estimate of drug-likeness (QED) is 0.169. The normalized spacial score (nSPS) is 13.4. The number of furan rings is 1. The highest BCUT2D eigenvalue weighted by Crippen LogP contribution is 2.43. The molecule has 0 saturated carbocycles. The van der Waals surface area contributed by atoms with Gasteiger partial charge in [-0.2, -0.15) is 0 Å². The predicted octanol–water partition coefficient (Wildman–Crippen LogP) is 14.3. The summed E-state index contributed by atoms with van der Waals surface area (Å²) in [6.07, 6.45) is 0. The third kappa shape index (κ3) is 4.81. The van der Waals surface area contributed by atoms with Gasteiger partial charge in [0.2, 0.25) is 0 Å². The van der Waals surface area contributed by atoms with E-state index in [1.54, 1.807) is 0 Å². The second-order valence-corrected chi connectivity index (χ2v) is 14.9. The third-order valence-electron chi connectivity index (χ3n) is 10.6. The molecule has 0 saturated heterocycles. The standard InChI is InChI=1S/C51H29N3OS/c1-2-11-30(12-3-1)49-52-50(32-22-25-41-40-17-8-9-20-45(40)55-46(41)28-32)54-51(53-49)33-23-26-42-43-19-10-18-34(48(43)56-47(42)29-33)31-21-24-39-37-15-5-4-13-35(37)36-14-6-7-16-38(36)44(39)27-31/h1-29H/i10D,18D,19D,23D,26D,29D. The molecule has 5 heteroatoms. The lowest BCUT2D eigenvalue weighted by atomic mass is 9.92. The molecule has 0 spiro atoms. The molecule has 0 atom stereocenters. The molecular formula is C51H29N3OS. The Kier molecular flexibility index (Phi) is 5.59. The van der Waals surface area contributed by atoms with Crippen LogP contribution in [0.1, 0.15) is 8.22 Å². The molecule has 0 bridgehead atoms. The van der Waals surface area contributed by atoms with Gasteiger partial charge in [0.15, 0.2) is 17.5 Å². The van der Waals surface area contributed by atoms with Gasteiger partial charge in [-0.25, -0.2) is 15.0 Å². The average molecular weight is 738 g/mol. The van der Waals surface area contributed by atoms with Gasteiger partial charge < -0.3 is 4.42 Å². The molecule has 0 aliphatic carbocycles. The molecule has 260 valence electrons. The molecule has 0 aliphatic heterocycles. The summed E-state index contributed by atoms with van der Waals surface area (Å²) >= 11 is 1.20. The van der Waals surface area contributed by atoms with Crippen molar-refractivity contribution in [2.75, 3.05) is 0 Å². The zero-order valence-electron chi connectivity index (χ0n) is 35.4. The second kappa shape index (κ2) is 12.2. The molecular weight excluding hydrogens is 703 g/mol.